The van der Waals surface area contributed by atoms with Crippen LogP contribution in [0.2, 0.25) is 5.02 Å². The van der Waals surface area contributed by atoms with Gasteiger partial charge in [0.1, 0.15) is 6.04 Å². The Balaban J connectivity index is 1.72. The van der Waals surface area contributed by atoms with Crippen LogP contribution in [0.15, 0.2) is 115 Å². The molecule has 0 aliphatic heterocycles. The second-order valence-corrected chi connectivity index (χ2v) is 8.91. The average Bonchev–Trinajstić information content (AvgIpc) is 2.89. The number of carbonyl (C=O) groups excluding carboxylic acids is 1. The highest BCUT2D eigenvalue weighted by Gasteiger charge is 2.39. The van der Waals surface area contributed by atoms with Crippen molar-refractivity contribution in [1.29, 1.82) is 0 Å². The fraction of sp³-hybridized carbons (Fsp3) is 0.133. The van der Waals surface area contributed by atoms with Gasteiger partial charge in [0.2, 0.25) is 5.91 Å². The summed E-state index contributed by atoms with van der Waals surface area (Å²) < 4.78 is 0. The number of nitrogens with one attached hydrogen (secondary N) is 1. The number of halogens is 1. The first kappa shape index (κ1) is 24.2. The molecule has 35 heavy (non-hydrogen) atoms. The second kappa shape index (κ2) is 11.0. The molecule has 0 bridgehead atoms. The van der Waals surface area contributed by atoms with Crippen molar-refractivity contribution in [1.82, 2.24) is 5.32 Å². The summed E-state index contributed by atoms with van der Waals surface area (Å²) >= 11 is 5.96. The molecule has 1 atom stereocenters. The maximum absolute atomic E-state index is 13.5. The van der Waals surface area contributed by atoms with Crippen LogP contribution in [-0.4, -0.2) is 23.0 Å². The van der Waals surface area contributed by atoms with Crippen molar-refractivity contribution in [2.75, 3.05) is 0 Å². The van der Waals surface area contributed by atoms with Crippen LogP contribution in [0.3, 0.4) is 0 Å². The van der Waals surface area contributed by atoms with E-state index < -0.39 is 17.4 Å². The Bertz CT molecular complexity index is 1160. The summed E-state index contributed by atoms with van der Waals surface area (Å²) in [6.07, 6.45) is 0.211. The molecule has 0 saturated heterocycles. The number of amides is 1. The Kier molecular flexibility index (Phi) is 7.64. The molecular formula is C30H26ClNO3. The highest BCUT2D eigenvalue weighted by molar-refractivity contribution is 6.30. The number of hydrogen-bond acceptors (Lipinski definition) is 2. The van der Waals surface area contributed by atoms with E-state index in [1.807, 2.05) is 91.0 Å². The minimum Gasteiger partial charge on any atom is -0.480 e. The summed E-state index contributed by atoms with van der Waals surface area (Å²) in [5.74, 6) is -1.43. The van der Waals surface area contributed by atoms with E-state index in [2.05, 4.69) is 5.32 Å². The molecule has 1 amide bonds. The Morgan fingerprint density at radius 2 is 1.14 bits per heavy atom. The number of rotatable bonds is 9. The topological polar surface area (TPSA) is 66.4 Å². The standard InChI is InChI=1S/C30H26ClNO3/c31-26-18-16-22(17-19-26)20-27(29(34)35)32-28(33)21-30(23-10-4-1-5-11-23,24-12-6-2-7-13-24)25-14-8-3-9-15-25/h1-19,27H,20-21H2,(H,32,33)(H,34,35)/t27-/m0/s1. The quantitative estimate of drug-likeness (QED) is 0.292. The van der Waals surface area contributed by atoms with Gasteiger partial charge in [0.15, 0.2) is 0 Å². The van der Waals surface area contributed by atoms with Crippen molar-refractivity contribution in [3.63, 3.8) is 0 Å². The number of aliphatic carboxylic acids is 1. The van der Waals surface area contributed by atoms with Crippen LogP contribution in [0, 0.1) is 0 Å². The van der Waals surface area contributed by atoms with Crippen LogP contribution in [0.4, 0.5) is 0 Å². The Morgan fingerprint density at radius 3 is 1.54 bits per heavy atom. The van der Waals surface area contributed by atoms with Gasteiger partial charge < -0.3 is 10.4 Å². The molecule has 0 saturated carbocycles. The predicted octanol–water partition coefficient (Wildman–Crippen LogP) is 5.88. The molecule has 176 valence electrons. The molecule has 4 aromatic rings. The lowest BCUT2D eigenvalue weighted by atomic mass is 9.67. The zero-order valence-electron chi connectivity index (χ0n) is 19.1. The minimum absolute atomic E-state index is 0.0510. The molecule has 0 aliphatic rings. The zero-order valence-corrected chi connectivity index (χ0v) is 19.9. The summed E-state index contributed by atoms with van der Waals surface area (Å²) in [5.41, 5.74) is 2.85. The van der Waals surface area contributed by atoms with Crippen LogP contribution < -0.4 is 5.32 Å². The summed E-state index contributed by atoms with van der Waals surface area (Å²) in [4.78, 5) is 25.6. The fourth-order valence-electron chi connectivity index (χ4n) is 4.52. The summed E-state index contributed by atoms with van der Waals surface area (Å²) in [5, 5.41) is 13.2. The third-order valence-corrected chi connectivity index (χ3v) is 6.46. The second-order valence-electron chi connectivity index (χ2n) is 8.47. The van der Waals surface area contributed by atoms with Crippen LogP contribution >= 0.6 is 11.6 Å². The first-order valence-electron chi connectivity index (χ1n) is 11.4. The fourth-order valence-corrected chi connectivity index (χ4v) is 4.64. The molecular weight excluding hydrogens is 458 g/mol. The molecule has 4 nitrogen and oxygen atoms in total. The summed E-state index contributed by atoms with van der Waals surface area (Å²) in [6.45, 7) is 0. The summed E-state index contributed by atoms with van der Waals surface area (Å²) in [7, 11) is 0. The normalized spacial score (nSPS) is 12.0. The predicted molar refractivity (Wildman–Crippen MR) is 139 cm³/mol. The Morgan fingerprint density at radius 1 is 0.714 bits per heavy atom. The largest absolute Gasteiger partial charge is 0.480 e. The van der Waals surface area contributed by atoms with Gasteiger partial charge in [-0.1, -0.05) is 115 Å². The maximum atomic E-state index is 13.5. The highest BCUT2D eigenvalue weighted by Crippen LogP contribution is 2.42. The molecule has 0 fully saturated rings. The number of carbonyl (C=O) groups is 2. The molecule has 0 aliphatic carbocycles. The minimum atomic E-state index is -1.09. The van der Waals surface area contributed by atoms with Gasteiger partial charge in [0, 0.05) is 17.9 Å². The maximum Gasteiger partial charge on any atom is 0.326 e. The number of benzene rings is 4. The van der Waals surface area contributed by atoms with Crippen molar-refractivity contribution in [2.24, 2.45) is 0 Å². The monoisotopic (exact) mass is 483 g/mol. The molecule has 4 aromatic carbocycles. The van der Waals surface area contributed by atoms with E-state index in [4.69, 9.17) is 11.6 Å². The lowest BCUT2D eigenvalue weighted by molar-refractivity contribution is -0.141. The molecule has 0 unspecified atom stereocenters. The van der Waals surface area contributed by atoms with E-state index in [9.17, 15) is 14.7 Å². The third-order valence-electron chi connectivity index (χ3n) is 6.21. The van der Waals surface area contributed by atoms with Crippen LogP contribution in [0.25, 0.3) is 0 Å². The van der Waals surface area contributed by atoms with E-state index in [1.165, 1.54) is 0 Å². The average molecular weight is 484 g/mol. The van der Waals surface area contributed by atoms with Crippen molar-refractivity contribution in [3.05, 3.63) is 143 Å². The van der Waals surface area contributed by atoms with E-state index in [0.717, 1.165) is 22.3 Å². The van der Waals surface area contributed by atoms with E-state index >= 15 is 0 Å². The van der Waals surface area contributed by atoms with E-state index in [-0.39, 0.29) is 18.7 Å². The van der Waals surface area contributed by atoms with E-state index in [1.54, 1.807) is 24.3 Å². The van der Waals surface area contributed by atoms with Crippen molar-refractivity contribution in [2.45, 2.75) is 24.3 Å². The van der Waals surface area contributed by atoms with Gasteiger partial charge >= 0.3 is 5.97 Å². The molecule has 4 rings (SSSR count). The number of carboxylic acids is 1. The van der Waals surface area contributed by atoms with Gasteiger partial charge in [-0.2, -0.15) is 0 Å². The van der Waals surface area contributed by atoms with Crippen molar-refractivity contribution < 1.29 is 14.7 Å². The molecule has 0 spiro atoms. The van der Waals surface area contributed by atoms with Crippen molar-refractivity contribution in [3.8, 4) is 0 Å². The molecule has 0 aromatic heterocycles. The van der Waals surface area contributed by atoms with Gasteiger partial charge in [0.05, 0.1) is 5.41 Å². The molecule has 5 heteroatoms. The van der Waals surface area contributed by atoms with Gasteiger partial charge in [-0.25, -0.2) is 4.79 Å². The van der Waals surface area contributed by atoms with E-state index in [0.29, 0.717) is 5.02 Å². The lowest BCUT2D eigenvalue weighted by Gasteiger charge is -2.36. The molecule has 0 radical (unpaired) electrons. The Hall–Kier alpha value is -3.89. The zero-order chi connectivity index (χ0) is 24.7. The Labute approximate surface area is 210 Å². The first-order valence-corrected chi connectivity index (χ1v) is 11.8. The molecule has 2 N–H and O–H groups in total. The summed E-state index contributed by atoms with van der Waals surface area (Å²) in [6, 6.07) is 35.5. The highest BCUT2D eigenvalue weighted by atomic mass is 35.5. The first-order chi connectivity index (χ1) is 17.0. The van der Waals surface area contributed by atoms with Gasteiger partial charge in [-0.05, 0) is 34.4 Å². The van der Waals surface area contributed by atoms with Gasteiger partial charge in [-0.15, -0.1) is 0 Å². The number of hydrogen-bond donors (Lipinski definition) is 2. The van der Waals surface area contributed by atoms with Crippen LogP contribution in [0.5, 0.6) is 0 Å². The lowest BCUT2D eigenvalue weighted by Crippen LogP contribution is -2.45. The number of carboxylic acid groups (broad SMARTS) is 1. The third kappa shape index (κ3) is 5.61. The van der Waals surface area contributed by atoms with Gasteiger partial charge in [0.25, 0.3) is 0 Å². The SMILES string of the molecule is O=C(CC(c1ccccc1)(c1ccccc1)c1ccccc1)N[C@@H](Cc1ccc(Cl)cc1)C(=O)O. The van der Waals surface area contributed by atoms with Crippen molar-refractivity contribution >= 4 is 23.5 Å². The smallest absolute Gasteiger partial charge is 0.326 e. The molecule has 0 heterocycles. The van der Waals surface area contributed by atoms with Gasteiger partial charge in [-0.3, -0.25) is 4.79 Å². The van der Waals surface area contributed by atoms with Crippen LogP contribution in [-0.2, 0) is 21.4 Å². The van der Waals surface area contributed by atoms with Crippen LogP contribution in [0.1, 0.15) is 28.7 Å².